The zero-order valence-corrected chi connectivity index (χ0v) is 13.8. The lowest BCUT2D eigenvalue weighted by Crippen LogP contribution is -2.47. The first-order chi connectivity index (χ1) is 10.8. The fraction of sp³-hybridized carbons (Fsp3) is 0.471. The molecule has 3 N–H and O–H groups in total. The van der Waals surface area contributed by atoms with Crippen molar-refractivity contribution >= 4 is 17.8 Å². The molecule has 2 atom stereocenters. The summed E-state index contributed by atoms with van der Waals surface area (Å²) in [6, 6.07) is 5.90. The Bertz CT molecular complexity index is 554. The standard InChI is InChI=1S/C17H24N2O4/c1-4-11(2)18-16(21)12(3)19-15(20)10-7-13-5-8-14(9-6-13)17(22)23/h5-6,8-9,11-12H,4,7,10H2,1-3H3,(H,18,21)(H,19,20)(H,22,23). The highest BCUT2D eigenvalue weighted by Crippen LogP contribution is 2.07. The minimum absolute atomic E-state index is 0.0783. The van der Waals surface area contributed by atoms with Crippen molar-refractivity contribution in [1.82, 2.24) is 10.6 Å². The van der Waals surface area contributed by atoms with Crippen molar-refractivity contribution in [3.63, 3.8) is 0 Å². The summed E-state index contributed by atoms with van der Waals surface area (Å²) in [5.74, 6) is -1.38. The molecule has 0 saturated heterocycles. The Morgan fingerprint density at radius 1 is 1.09 bits per heavy atom. The van der Waals surface area contributed by atoms with Gasteiger partial charge in [-0.3, -0.25) is 9.59 Å². The van der Waals surface area contributed by atoms with Gasteiger partial charge in [0.25, 0.3) is 0 Å². The van der Waals surface area contributed by atoms with Crippen LogP contribution in [0.1, 0.15) is 49.5 Å². The van der Waals surface area contributed by atoms with Crippen molar-refractivity contribution in [2.24, 2.45) is 0 Å². The van der Waals surface area contributed by atoms with Crippen molar-refractivity contribution in [3.8, 4) is 0 Å². The topological polar surface area (TPSA) is 95.5 Å². The highest BCUT2D eigenvalue weighted by atomic mass is 16.4. The first-order valence-electron chi connectivity index (χ1n) is 7.75. The molecule has 2 unspecified atom stereocenters. The van der Waals surface area contributed by atoms with E-state index in [0.29, 0.717) is 6.42 Å². The maximum absolute atomic E-state index is 11.9. The minimum atomic E-state index is -0.976. The lowest BCUT2D eigenvalue weighted by atomic mass is 10.1. The Labute approximate surface area is 136 Å². The van der Waals surface area contributed by atoms with E-state index in [1.165, 1.54) is 12.1 Å². The van der Waals surface area contributed by atoms with E-state index in [2.05, 4.69) is 10.6 Å². The molecule has 0 radical (unpaired) electrons. The van der Waals surface area contributed by atoms with Gasteiger partial charge < -0.3 is 15.7 Å². The molecule has 126 valence electrons. The number of aryl methyl sites for hydroxylation is 1. The Morgan fingerprint density at radius 2 is 1.70 bits per heavy atom. The van der Waals surface area contributed by atoms with Crippen LogP contribution in [-0.2, 0) is 16.0 Å². The normalized spacial score (nSPS) is 13.0. The van der Waals surface area contributed by atoms with Crippen LogP contribution in [0.25, 0.3) is 0 Å². The SMILES string of the molecule is CCC(C)NC(=O)C(C)NC(=O)CCc1ccc(C(=O)O)cc1. The van der Waals surface area contributed by atoms with E-state index in [1.807, 2.05) is 13.8 Å². The summed E-state index contributed by atoms with van der Waals surface area (Å²) >= 11 is 0. The summed E-state index contributed by atoms with van der Waals surface area (Å²) in [4.78, 5) is 34.5. The van der Waals surface area contributed by atoms with Crippen molar-refractivity contribution in [2.75, 3.05) is 0 Å². The van der Waals surface area contributed by atoms with Gasteiger partial charge in [-0.15, -0.1) is 0 Å². The van der Waals surface area contributed by atoms with E-state index in [4.69, 9.17) is 5.11 Å². The van der Waals surface area contributed by atoms with E-state index in [-0.39, 0.29) is 29.8 Å². The number of carbonyl (C=O) groups excluding carboxylic acids is 2. The van der Waals surface area contributed by atoms with E-state index in [0.717, 1.165) is 12.0 Å². The molecule has 23 heavy (non-hydrogen) atoms. The zero-order valence-electron chi connectivity index (χ0n) is 13.8. The maximum Gasteiger partial charge on any atom is 0.335 e. The molecule has 0 aliphatic rings. The molecule has 0 saturated carbocycles. The zero-order chi connectivity index (χ0) is 17.4. The molecule has 2 amide bonds. The van der Waals surface area contributed by atoms with Crippen LogP contribution >= 0.6 is 0 Å². The second-order valence-electron chi connectivity index (χ2n) is 5.61. The van der Waals surface area contributed by atoms with Crippen LogP contribution in [-0.4, -0.2) is 35.0 Å². The Kier molecular flexibility index (Phi) is 7.25. The quantitative estimate of drug-likeness (QED) is 0.680. The van der Waals surface area contributed by atoms with Gasteiger partial charge in [0.1, 0.15) is 6.04 Å². The molecule has 0 aliphatic carbocycles. The summed E-state index contributed by atoms with van der Waals surface area (Å²) in [5, 5.41) is 14.3. The third-order valence-electron chi connectivity index (χ3n) is 3.61. The fourth-order valence-corrected chi connectivity index (χ4v) is 1.92. The lowest BCUT2D eigenvalue weighted by Gasteiger charge is -2.17. The molecule has 0 bridgehead atoms. The van der Waals surface area contributed by atoms with E-state index < -0.39 is 12.0 Å². The smallest absolute Gasteiger partial charge is 0.335 e. The van der Waals surface area contributed by atoms with Gasteiger partial charge in [-0.25, -0.2) is 4.79 Å². The van der Waals surface area contributed by atoms with Gasteiger partial charge in [0.15, 0.2) is 0 Å². The van der Waals surface area contributed by atoms with Gasteiger partial charge in [-0.05, 0) is 44.4 Å². The lowest BCUT2D eigenvalue weighted by molar-refractivity contribution is -0.128. The second kappa shape index (κ2) is 8.92. The number of carboxylic acids is 1. The van der Waals surface area contributed by atoms with Crippen LogP contribution in [0.4, 0.5) is 0 Å². The van der Waals surface area contributed by atoms with Crippen LogP contribution in [0.5, 0.6) is 0 Å². The predicted molar refractivity (Wildman–Crippen MR) is 87.2 cm³/mol. The average molecular weight is 320 g/mol. The first-order valence-corrected chi connectivity index (χ1v) is 7.75. The molecule has 1 rings (SSSR count). The van der Waals surface area contributed by atoms with E-state index in [9.17, 15) is 14.4 Å². The Balaban J connectivity index is 2.41. The van der Waals surface area contributed by atoms with Gasteiger partial charge in [0.05, 0.1) is 5.56 Å². The van der Waals surface area contributed by atoms with Crippen molar-refractivity contribution in [3.05, 3.63) is 35.4 Å². The fourth-order valence-electron chi connectivity index (χ4n) is 1.92. The Morgan fingerprint density at radius 3 is 2.22 bits per heavy atom. The van der Waals surface area contributed by atoms with Gasteiger partial charge in [0, 0.05) is 12.5 Å². The van der Waals surface area contributed by atoms with Gasteiger partial charge in [-0.2, -0.15) is 0 Å². The highest BCUT2D eigenvalue weighted by molar-refractivity contribution is 5.88. The minimum Gasteiger partial charge on any atom is -0.478 e. The van der Waals surface area contributed by atoms with Crippen LogP contribution in [0.15, 0.2) is 24.3 Å². The average Bonchev–Trinajstić information content (AvgIpc) is 2.52. The maximum atomic E-state index is 11.9. The second-order valence-corrected chi connectivity index (χ2v) is 5.61. The number of aromatic carboxylic acids is 1. The molecule has 6 heteroatoms. The summed E-state index contributed by atoms with van der Waals surface area (Å²) in [5.41, 5.74) is 1.09. The number of carboxylic acid groups (broad SMARTS) is 1. The van der Waals surface area contributed by atoms with Crippen molar-refractivity contribution < 1.29 is 19.5 Å². The van der Waals surface area contributed by atoms with Crippen molar-refractivity contribution in [2.45, 2.75) is 52.1 Å². The summed E-state index contributed by atoms with van der Waals surface area (Å²) in [7, 11) is 0. The van der Waals surface area contributed by atoms with Crippen LogP contribution in [0.3, 0.4) is 0 Å². The number of benzene rings is 1. The molecule has 0 spiro atoms. The number of carbonyl (C=O) groups is 3. The predicted octanol–water partition coefficient (Wildman–Crippen LogP) is 1.74. The molecular weight excluding hydrogens is 296 g/mol. The first kappa shape index (κ1) is 18.7. The number of nitrogens with one attached hydrogen (secondary N) is 2. The molecule has 6 nitrogen and oxygen atoms in total. The molecule has 0 fully saturated rings. The summed E-state index contributed by atoms with van der Waals surface area (Å²) in [6.45, 7) is 5.54. The van der Waals surface area contributed by atoms with Crippen LogP contribution in [0, 0.1) is 0 Å². The molecule has 1 aromatic carbocycles. The van der Waals surface area contributed by atoms with E-state index in [1.54, 1.807) is 19.1 Å². The molecule has 0 aromatic heterocycles. The van der Waals surface area contributed by atoms with Crippen LogP contribution in [0.2, 0.25) is 0 Å². The highest BCUT2D eigenvalue weighted by Gasteiger charge is 2.16. The van der Waals surface area contributed by atoms with Crippen LogP contribution < -0.4 is 10.6 Å². The molecule has 1 aromatic rings. The number of amides is 2. The third kappa shape index (κ3) is 6.50. The van der Waals surface area contributed by atoms with Gasteiger partial charge in [-0.1, -0.05) is 19.1 Å². The van der Waals surface area contributed by atoms with Crippen molar-refractivity contribution in [1.29, 1.82) is 0 Å². The largest absolute Gasteiger partial charge is 0.478 e. The molecular formula is C17H24N2O4. The monoisotopic (exact) mass is 320 g/mol. The van der Waals surface area contributed by atoms with E-state index >= 15 is 0 Å². The summed E-state index contributed by atoms with van der Waals surface area (Å²) in [6.07, 6.45) is 1.57. The number of hydrogen-bond donors (Lipinski definition) is 3. The number of hydrogen-bond acceptors (Lipinski definition) is 3. The van der Waals surface area contributed by atoms with Gasteiger partial charge >= 0.3 is 5.97 Å². The number of rotatable bonds is 8. The summed E-state index contributed by atoms with van der Waals surface area (Å²) < 4.78 is 0. The Hall–Kier alpha value is -2.37. The molecule has 0 aliphatic heterocycles. The third-order valence-corrected chi connectivity index (χ3v) is 3.61. The molecule has 0 heterocycles. The van der Waals surface area contributed by atoms with Gasteiger partial charge in [0.2, 0.25) is 11.8 Å².